The number of halogens is 11. The summed E-state index contributed by atoms with van der Waals surface area (Å²) in [5, 5.41) is 0. The van der Waals surface area contributed by atoms with Crippen LogP contribution in [-0.4, -0.2) is 48.3 Å². The molecule has 0 saturated carbocycles. The molecule has 17 heteroatoms. The van der Waals surface area contributed by atoms with Gasteiger partial charge in [0.05, 0.1) is 6.61 Å². The molecule has 2 N–H and O–H groups in total. The topological polar surface area (TPSA) is 83.8 Å². The van der Waals surface area contributed by atoms with Gasteiger partial charge in [-0.05, 0) is 46.7 Å². The van der Waals surface area contributed by atoms with Gasteiger partial charge in [-0.3, -0.25) is 9.11 Å². The Morgan fingerprint density at radius 3 is 1.51 bits per heavy atom. The summed E-state index contributed by atoms with van der Waals surface area (Å²) in [6.45, 7) is 3.07. The molecule has 0 amide bonds. The second-order valence-electron chi connectivity index (χ2n) is 8.18. The molecule has 2 aromatic rings. The van der Waals surface area contributed by atoms with E-state index in [0.717, 1.165) is 18.8 Å². The molecule has 236 valence electrons. The third kappa shape index (κ3) is 13.8. The van der Waals surface area contributed by atoms with E-state index in [0.29, 0.717) is 0 Å². The summed E-state index contributed by atoms with van der Waals surface area (Å²) in [6, 6.07) is 16.8. The molecule has 0 aliphatic carbocycles. The molecule has 0 aromatic heterocycles. The molecule has 0 aliphatic heterocycles. The number of alkyl halides is 10. The van der Waals surface area contributed by atoms with Crippen LogP contribution in [-0.2, 0) is 10.4 Å². The van der Waals surface area contributed by atoms with E-state index in [-0.39, 0.29) is 0 Å². The van der Waals surface area contributed by atoms with Crippen molar-refractivity contribution in [1.82, 2.24) is 0 Å². The number of hydrogen-bond acceptors (Lipinski definition) is 3. The minimum atomic E-state index is -7.14. The molecule has 0 unspecified atom stereocenters. The fraction of sp³-hybridized carbons (Fsp3) is 0.500. The van der Waals surface area contributed by atoms with E-state index in [4.69, 9.17) is 22.3 Å². The molecule has 0 fully saturated rings. The van der Waals surface area contributed by atoms with E-state index in [1.165, 1.54) is 46.8 Å². The first kappa shape index (κ1) is 39.1. The summed E-state index contributed by atoms with van der Waals surface area (Å²) >= 11 is 2.39. The van der Waals surface area contributed by atoms with Crippen LogP contribution in [0.4, 0.5) is 43.9 Å². The highest BCUT2D eigenvalue weighted by Gasteiger charge is 2.82. The maximum absolute atomic E-state index is 11.6. The Bertz CT molecular complexity index is 1120. The monoisotopic (exact) mass is 744 g/mol. The van der Waals surface area contributed by atoms with Crippen LogP contribution >= 0.6 is 22.6 Å². The second-order valence-corrected chi connectivity index (χ2v) is 10.2. The minimum absolute atomic E-state index is 0.812. The molecule has 0 saturated heterocycles. The Hall–Kier alpha value is -1.86. The van der Waals surface area contributed by atoms with Crippen LogP contribution in [0.15, 0.2) is 48.5 Å². The van der Waals surface area contributed by atoms with E-state index in [1.807, 2.05) is 0 Å². The van der Waals surface area contributed by atoms with Crippen LogP contribution in [0.3, 0.4) is 0 Å². The van der Waals surface area contributed by atoms with E-state index >= 15 is 0 Å². The number of benzene rings is 2. The number of ether oxygens (including phenoxy) is 1. The molecule has 2 rings (SSSR count). The number of unbranched alkanes of at least 4 members (excludes halogenated alkanes) is 5. The van der Waals surface area contributed by atoms with Gasteiger partial charge in [-0.25, -0.2) is 0 Å². The average molecular weight is 744 g/mol. The lowest BCUT2D eigenvalue weighted by atomic mass is 10.0. The molecule has 0 aliphatic rings. The van der Waals surface area contributed by atoms with Crippen LogP contribution in [0, 0.1) is 3.57 Å². The van der Waals surface area contributed by atoms with Gasteiger partial charge >= 0.3 is 34.6 Å². The normalized spacial score (nSPS) is 12.5. The van der Waals surface area contributed by atoms with Crippen LogP contribution in [0.5, 0.6) is 5.75 Å². The fourth-order valence-corrected chi connectivity index (χ4v) is 3.59. The lowest BCUT2D eigenvalue weighted by Crippen LogP contribution is -2.59. The summed E-state index contributed by atoms with van der Waals surface area (Å²) in [5.41, 5.74) is 2.44. The zero-order valence-corrected chi connectivity index (χ0v) is 24.2. The molecule has 2 aromatic carbocycles. The van der Waals surface area contributed by atoms with Gasteiger partial charge in [-0.1, -0.05) is 75.4 Å². The van der Waals surface area contributed by atoms with Crippen molar-refractivity contribution in [2.75, 3.05) is 6.61 Å². The minimum Gasteiger partial charge on any atom is -0.493 e. The predicted octanol–water partition coefficient (Wildman–Crippen LogP) is 9.43. The third-order valence-electron chi connectivity index (χ3n) is 4.91. The first-order valence-corrected chi connectivity index (χ1v) is 14.1. The van der Waals surface area contributed by atoms with E-state index < -0.39 is 34.6 Å². The van der Waals surface area contributed by atoms with Gasteiger partial charge in [0, 0.05) is 9.13 Å². The highest BCUT2D eigenvalue weighted by atomic mass is 127. The largest absolute Gasteiger partial charge is 0.493 e. The fourth-order valence-electron chi connectivity index (χ4n) is 2.92. The lowest BCUT2D eigenvalue weighted by Gasteiger charge is -2.29. The molecular weight excluding hydrogens is 717 g/mol. The smallest absolute Gasteiger partial charge is 0.460 e. The van der Waals surface area contributed by atoms with Crippen LogP contribution in [0.25, 0.3) is 11.1 Å². The van der Waals surface area contributed by atoms with Gasteiger partial charge in [0.2, 0.25) is 0 Å². The van der Waals surface area contributed by atoms with Crippen molar-refractivity contribution < 1.29 is 66.2 Å². The van der Waals surface area contributed by atoms with Crippen molar-refractivity contribution in [3.63, 3.8) is 0 Å². The SMILES string of the molecule is CCCCCCCCOc1ccccc1-c1ccccc1I.FC(F)(F)C(F)(F)C(F)(F)C(F)(F)F.O=S(=O)(O)O. The van der Waals surface area contributed by atoms with Gasteiger partial charge in [0.1, 0.15) is 5.75 Å². The van der Waals surface area contributed by atoms with Crippen molar-refractivity contribution in [2.45, 2.75) is 69.6 Å². The highest BCUT2D eigenvalue weighted by molar-refractivity contribution is 14.1. The van der Waals surface area contributed by atoms with Crippen molar-refractivity contribution in [3.05, 3.63) is 52.1 Å². The standard InChI is InChI=1S/C20H25IO.C4F10.H2O4S/c1-2-3-4-5-6-11-16-22-20-15-10-8-13-18(20)17-12-7-9-14-19(17)21;5-1(6,3(9,10)11)2(7,8)4(12,13)14;1-5(2,3)4/h7-10,12-15H,2-6,11,16H2,1H3;;(H2,1,2,3,4). The zero-order valence-electron chi connectivity index (χ0n) is 21.3. The Balaban J connectivity index is 0.000000721. The van der Waals surface area contributed by atoms with Gasteiger partial charge in [0.25, 0.3) is 0 Å². The van der Waals surface area contributed by atoms with Gasteiger partial charge < -0.3 is 4.74 Å². The Morgan fingerprint density at radius 1 is 0.683 bits per heavy atom. The van der Waals surface area contributed by atoms with Crippen LogP contribution < -0.4 is 4.74 Å². The third-order valence-corrected chi connectivity index (χ3v) is 5.85. The Kier molecular flexibility index (Phi) is 15.9. The van der Waals surface area contributed by atoms with Crippen molar-refractivity contribution in [1.29, 1.82) is 0 Å². The maximum atomic E-state index is 11.6. The van der Waals surface area contributed by atoms with E-state index in [1.54, 1.807) is 0 Å². The summed E-state index contributed by atoms with van der Waals surface area (Å²) < 4.78 is 152. The first-order chi connectivity index (χ1) is 18.6. The van der Waals surface area contributed by atoms with Crippen molar-refractivity contribution in [2.24, 2.45) is 0 Å². The summed E-state index contributed by atoms with van der Waals surface area (Å²) in [6.07, 6.45) is -6.17. The molecule has 0 spiro atoms. The maximum Gasteiger partial charge on any atom is 0.460 e. The molecule has 41 heavy (non-hydrogen) atoms. The van der Waals surface area contributed by atoms with Crippen molar-refractivity contribution in [3.8, 4) is 16.9 Å². The Labute approximate surface area is 244 Å². The lowest BCUT2D eigenvalue weighted by molar-refractivity contribution is -0.419. The van der Waals surface area contributed by atoms with Crippen LogP contribution in [0.1, 0.15) is 45.4 Å². The zero-order chi connectivity index (χ0) is 32.1. The number of hydrogen-bond donors (Lipinski definition) is 2. The van der Waals surface area contributed by atoms with Gasteiger partial charge in [-0.15, -0.1) is 0 Å². The second kappa shape index (κ2) is 16.7. The first-order valence-electron chi connectivity index (χ1n) is 11.6. The molecule has 5 nitrogen and oxygen atoms in total. The molecule has 0 heterocycles. The summed E-state index contributed by atoms with van der Waals surface area (Å²) in [7, 11) is -4.67. The van der Waals surface area contributed by atoms with Gasteiger partial charge in [-0.2, -0.15) is 52.3 Å². The van der Waals surface area contributed by atoms with Crippen molar-refractivity contribution >= 4 is 33.0 Å². The molecule has 0 radical (unpaired) electrons. The predicted molar refractivity (Wildman–Crippen MR) is 140 cm³/mol. The van der Waals surface area contributed by atoms with Crippen LogP contribution in [0.2, 0.25) is 0 Å². The molecule has 0 atom stereocenters. The quantitative estimate of drug-likeness (QED) is 0.110. The van der Waals surface area contributed by atoms with E-state index in [2.05, 4.69) is 78.0 Å². The molecular formula is C24H27F10IO5S. The van der Waals surface area contributed by atoms with E-state index in [9.17, 15) is 43.9 Å². The Morgan fingerprint density at radius 2 is 1.07 bits per heavy atom. The molecule has 0 bridgehead atoms. The van der Waals surface area contributed by atoms with Gasteiger partial charge in [0.15, 0.2) is 0 Å². The number of para-hydroxylation sites is 1. The number of rotatable bonds is 10. The summed E-state index contributed by atoms with van der Waals surface area (Å²) in [5.74, 6) is -13.3. The highest BCUT2D eigenvalue weighted by Crippen LogP contribution is 2.53. The average Bonchev–Trinajstić information content (AvgIpc) is 2.82. The summed E-state index contributed by atoms with van der Waals surface area (Å²) in [4.78, 5) is 0.